The van der Waals surface area contributed by atoms with Gasteiger partial charge in [-0.05, 0) is 19.2 Å². The third kappa shape index (κ3) is 4.49. The van der Waals surface area contributed by atoms with Crippen LogP contribution >= 0.6 is 0 Å². The van der Waals surface area contributed by atoms with Crippen LogP contribution < -0.4 is 0 Å². The van der Waals surface area contributed by atoms with Crippen LogP contribution in [-0.2, 0) is 18.5 Å². The molecule has 0 N–H and O–H groups in total. The van der Waals surface area contributed by atoms with E-state index >= 15 is 0 Å². The van der Waals surface area contributed by atoms with Crippen molar-refractivity contribution in [2.24, 2.45) is 0 Å². The van der Waals surface area contributed by atoms with Crippen molar-refractivity contribution in [1.29, 1.82) is 0 Å². The molecule has 6 nitrogen and oxygen atoms in total. The van der Waals surface area contributed by atoms with Gasteiger partial charge in [-0.3, -0.25) is 4.90 Å². The zero-order valence-corrected chi connectivity index (χ0v) is 17.9. The second-order valence-corrected chi connectivity index (χ2v) is 8.58. The Morgan fingerprint density at radius 2 is 1.60 bits per heavy atom. The maximum Gasteiger partial charge on any atom is 0.240 e. The molecule has 154 valence electrons. The standard InChI is InChI=1S/C24H27N5O/c1-24(2,3)23-25-21(30-27-23)17-28(4)15-19-16-29(20-13-9-6-10-14-20)26-22(19)18-11-7-5-8-12-18/h5-14,16H,15,17H2,1-4H3. The summed E-state index contributed by atoms with van der Waals surface area (Å²) in [5, 5.41) is 9.01. The highest BCUT2D eigenvalue weighted by Crippen LogP contribution is 2.25. The van der Waals surface area contributed by atoms with Crippen molar-refractivity contribution in [3.8, 4) is 16.9 Å². The smallest absolute Gasteiger partial charge is 0.240 e. The van der Waals surface area contributed by atoms with Crippen molar-refractivity contribution >= 4 is 0 Å². The van der Waals surface area contributed by atoms with E-state index in [9.17, 15) is 0 Å². The van der Waals surface area contributed by atoms with Crippen molar-refractivity contribution in [3.63, 3.8) is 0 Å². The lowest BCUT2D eigenvalue weighted by atomic mass is 9.96. The summed E-state index contributed by atoms with van der Waals surface area (Å²) in [5.41, 5.74) is 4.13. The zero-order valence-electron chi connectivity index (χ0n) is 17.9. The van der Waals surface area contributed by atoms with Crippen molar-refractivity contribution in [2.45, 2.75) is 39.3 Å². The van der Waals surface area contributed by atoms with E-state index in [0.717, 1.165) is 28.3 Å². The van der Waals surface area contributed by atoms with Gasteiger partial charge < -0.3 is 4.52 Å². The molecule has 0 aliphatic rings. The fraction of sp³-hybridized carbons (Fsp3) is 0.292. The number of nitrogens with zero attached hydrogens (tertiary/aromatic N) is 5. The summed E-state index contributed by atoms with van der Waals surface area (Å²) in [6.45, 7) is 7.53. The molecule has 0 amide bonds. The molecular formula is C24H27N5O. The number of benzene rings is 2. The minimum Gasteiger partial charge on any atom is -0.338 e. The Bertz CT molecular complexity index is 1090. The van der Waals surface area contributed by atoms with E-state index < -0.39 is 0 Å². The molecule has 0 spiro atoms. The van der Waals surface area contributed by atoms with Crippen molar-refractivity contribution in [3.05, 3.63) is 84.1 Å². The van der Waals surface area contributed by atoms with Gasteiger partial charge in [0.25, 0.3) is 0 Å². The first-order chi connectivity index (χ1) is 14.4. The third-order valence-electron chi connectivity index (χ3n) is 4.84. The lowest BCUT2D eigenvalue weighted by Gasteiger charge is -2.14. The molecule has 0 radical (unpaired) electrons. The number of rotatable bonds is 6. The average molecular weight is 402 g/mol. The van der Waals surface area contributed by atoms with Gasteiger partial charge in [-0.15, -0.1) is 0 Å². The molecule has 4 rings (SSSR count). The summed E-state index contributed by atoms with van der Waals surface area (Å²) in [5.74, 6) is 1.35. The summed E-state index contributed by atoms with van der Waals surface area (Å²) < 4.78 is 7.41. The van der Waals surface area contributed by atoms with Gasteiger partial charge in [-0.25, -0.2) is 4.68 Å². The molecule has 2 heterocycles. The lowest BCUT2D eigenvalue weighted by Crippen LogP contribution is -2.18. The molecule has 6 heteroatoms. The van der Waals surface area contributed by atoms with Gasteiger partial charge in [0.15, 0.2) is 5.82 Å². The van der Waals surface area contributed by atoms with E-state index in [1.54, 1.807) is 0 Å². The SMILES string of the molecule is CN(Cc1nc(C(C)(C)C)no1)Cc1cn(-c2ccccc2)nc1-c1ccccc1. The van der Waals surface area contributed by atoms with Crippen LogP contribution in [0.5, 0.6) is 0 Å². The van der Waals surface area contributed by atoms with Gasteiger partial charge in [0.2, 0.25) is 5.89 Å². The first-order valence-electron chi connectivity index (χ1n) is 10.1. The fourth-order valence-electron chi connectivity index (χ4n) is 3.28. The van der Waals surface area contributed by atoms with Crippen LogP contribution in [0.15, 0.2) is 71.4 Å². The molecule has 30 heavy (non-hydrogen) atoms. The van der Waals surface area contributed by atoms with Gasteiger partial charge in [0, 0.05) is 29.3 Å². The summed E-state index contributed by atoms with van der Waals surface area (Å²) in [7, 11) is 2.05. The third-order valence-corrected chi connectivity index (χ3v) is 4.84. The van der Waals surface area contributed by atoms with E-state index in [0.29, 0.717) is 19.0 Å². The van der Waals surface area contributed by atoms with E-state index in [1.807, 2.05) is 41.1 Å². The maximum atomic E-state index is 5.47. The summed E-state index contributed by atoms with van der Waals surface area (Å²) in [6, 6.07) is 20.4. The predicted molar refractivity (Wildman–Crippen MR) is 117 cm³/mol. The largest absolute Gasteiger partial charge is 0.338 e. The van der Waals surface area contributed by atoms with E-state index in [-0.39, 0.29) is 5.41 Å². The highest BCUT2D eigenvalue weighted by Gasteiger charge is 2.22. The molecular weight excluding hydrogens is 374 g/mol. The van der Waals surface area contributed by atoms with Gasteiger partial charge in [0.05, 0.1) is 17.9 Å². The number of hydrogen-bond acceptors (Lipinski definition) is 5. The Morgan fingerprint density at radius 1 is 0.933 bits per heavy atom. The summed E-state index contributed by atoms with van der Waals surface area (Å²) >= 11 is 0. The Kier molecular flexibility index (Phi) is 5.50. The second-order valence-electron chi connectivity index (χ2n) is 8.58. The molecule has 0 saturated carbocycles. The van der Waals surface area contributed by atoms with Crippen LogP contribution in [0.25, 0.3) is 16.9 Å². The van der Waals surface area contributed by atoms with Crippen LogP contribution in [0.2, 0.25) is 0 Å². The summed E-state index contributed by atoms with van der Waals surface area (Å²) in [6.07, 6.45) is 2.10. The first-order valence-corrected chi connectivity index (χ1v) is 10.1. The minimum absolute atomic E-state index is 0.127. The summed E-state index contributed by atoms with van der Waals surface area (Å²) in [4.78, 5) is 6.72. The van der Waals surface area contributed by atoms with Gasteiger partial charge >= 0.3 is 0 Å². The molecule has 0 aliphatic carbocycles. The average Bonchev–Trinajstić information content (AvgIpc) is 3.36. The zero-order chi connectivity index (χ0) is 21.1. The van der Waals surface area contributed by atoms with E-state index in [1.165, 1.54) is 0 Å². The molecule has 0 fully saturated rings. The second kappa shape index (κ2) is 8.24. The predicted octanol–water partition coefficient (Wildman–Crippen LogP) is 4.85. The molecule has 0 saturated heterocycles. The Hall–Kier alpha value is -3.25. The molecule has 0 unspecified atom stereocenters. The Balaban J connectivity index is 1.59. The first kappa shape index (κ1) is 20.0. The number of aromatic nitrogens is 4. The Labute approximate surface area is 177 Å². The van der Waals surface area contributed by atoms with Crippen LogP contribution in [-0.4, -0.2) is 31.9 Å². The number of hydrogen-bond donors (Lipinski definition) is 0. The van der Waals surface area contributed by atoms with E-state index in [4.69, 9.17) is 9.62 Å². The molecule has 0 atom stereocenters. The normalized spacial score (nSPS) is 11.9. The van der Waals surface area contributed by atoms with Crippen LogP contribution in [0.3, 0.4) is 0 Å². The molecule has 2 aromatic heterocycles. The van der Waals surface area contributed by atoms with Crippen LogP contribution in [0.1, 0.15) is 38.0 Å². The van der Waals surface area contributed by atoms with E-state index in [2.05, 4.69) is 73.3 Å². The van der Waals surface area contributed by atoms with Crippen molar-refractivity contribution in [2.75, 3.05) is 7.05 Å². The fourth-order valence-corrected chi connectivity index (χ4v) is 3.28. The van der Waals surface area contributed by atoms with Crippen molar-refractivity contribution in [1.82, 2.24) is 24.8 Å². The van der Waals surface area contributed by atoms with Gasteiger partial charge in [0.1, 0.15) is 0 Å². The highest BCUT2D eigenvalue weighted by molar-refractivity contribution is 5.63. The lowest BCUT2D eigenvalue weighted by molar-refractivity contribution is 0.259. The highest BCUT2D eigenvalue weighted by atomic mass is 16.5. The van der Waals surface area contributed by atoms with Gasteiger partial charge in [-0.1, -0.05) is 74.5 Å². The Morgan fingerprint density at radius 3 is 2.23 bits per heavy atom. The molecule has 4 aromatic rings. The van der Waals surface area contributed by atoms with Crippen molar-refractivity contribution < 1.29 is 4.52 Å². The quantitative estimate of drug-likeness (QED) is 0.462. The van der Waals surface area contributed by atoms with Crippen LogP contribution in [0, 0.1) is 0 Å². The maximum absolute atomic E-state index is 5.47. The topological polar surface area (TPSA) is 60.0 Å². The molecule has 0 bridgehead atoms. The van der Waals surface area contributed by atoms with Gasteiger partial charge in [-0.2, -0.15) is 10.1 Å². The number of para-hydroxylation sites is 1. The minimum atomic E-state index is -0.127. The molecule has 0 aliphatic heterocycles. The van der Waals surface area contributed by atoms with Crippen LogP contribution in [0.4, 0.5) is 0 Å². The monoisotopic (exact) mass is 401 g/mol. The molecule has 2 aromatic carbocycles.